The van der Waals surface area contributed by atoms with Crippen molar-refractivity contribution in [3.05, 3.63) is 72.3 Å². The number of anilines is 1. The van der Waals surface area contributed by atoms with Crippen molar-refractivity contribution in [3.63, 3.8) is 0 Å². The minimum absolute atomic E-state index is 0.285. The van der Waals surface area contributed by atoms with Gasteiger partial charge in [0.2, 0.25) is 0 Å². The number of hydrogen-bond acceptors (Lipinski definition) is 4. The van der Waals surface area contributed by atoms with Crippen LogP contribution in [0.15, 0.2) is 61.2 Å². The molecule has 6 heteroatoms. The van der Waals surface area contributed by atoms with Crippen LogP contribution in [0.2, 0.25) is 0 Å². The lowest BCUT2D eigenvalue weighted by atomic mass is 10.1. The molecule has 6 nitrogen and oxygen atoms in total. The summed E-state index contributed by atoms with van der Waals surface area (Å²) in [5.41, 5.74) is 1.19. The maximum atomic E-state index is 12.7. The lowest BCUT2D eigenvalue weighted by Crippen LogP contribution is -2.25. The Morgan fingerprint density at radius 3 is 2.44 bits per heavy atom. The van der Waals surface area contributed by atoms with Gasteiger partial charge in [-0.3, -0.25) is 9.59 Å². The first kappa shape index (κ1) is 20.2. The van der Waals surface area contributed by atoms with Gasteiger partial charge < -0.3 is 20.1 Å². The van der Waals surface area contributed by atoms with Crippen LogP contribution in [-0.4, -0.2) is 38.2 Å². The lowest BCUT2D eigenvalue weighted by molar-refractivity contribution is 0.0959. The Morgan fingerprint density at radius 1 is 1.00 bits per heavy atom. The molecular formula is C21H24N2O4. The molecule has 2 aromatic rings. The van der Waals surface area contributed by atoms with Crippen molar-refractivity contribution in [1.29, 1.82) is 0 Å². The highest BCUT2D eigenvalue weighted by molar-refractivity contribution is 6.10. The van der Waals surface area contributed by atoms with Gasteiger partial charge in [-0.1, -0.05) is 30.3 Å². The van der Waals surface area contributed by atoms with E-state index in [-0.39, 0.29) is 11.8 Å². The van der Waals surface area contributed by atoms with Gasteiger partial charge in [-0.25, -0.2) is 0 Å². The summed E-state index contributed by atoms with van der Waals surface area (Å²) < 4.78 is 10.9. The van der Waals surface area contributed by atoms with Crippen LogP contribution >= 0.6 is 0 Å². The SMILES string of the molecule is C=CCNC(=O)c1ccccc1NC(=O)c1ccccc1OCCOCC. The molecule has 0 aliphatic carbocycles. The van der Waals surface area contributed by atoms with E-state index in [2.05, 4.69) is 17.2 Å². The highest BCUT2D eigenvalue weighted by Gasteiger charge is 2.16. The number of nitrogens with one attached hydrogen (secondary N) is 2. The Kier molecular flexibility index (Phi) is 8.06. The molecule has 0 aromatic heterocycles. The van der Waals surface area contributed by atoms with Crippen molar-refractivity contribution >= 4 is 17.5 Å². The molecule has 2 rings (SSSR count). The van der Waals surface area contributed by atoms with Crippen molar-refractivity contribution < 1.29 is 19.1 Å². The molecule has 0 aliphatic rings. The Labute approximate surface area is 159 Å². The maximum absolute atomic E-state index is 12.7. The lowest BCUT2D eigenvalue weighted by Gasteiger charge is -2.13. The molecule has 0 fully saturated rings. The zero-order valence-electron chi connectivity index (χ0n) is 15.4. The van der Waals surface area contributed by atoms with E-state index in [4.69, 9.17) is 9.47 Å². The quantitative estimate of drug-likeness (QED) is 0.498. The molecule has 0 unspecified atom stereocenters. The van der Waals surface area contributed by atoms with Gasteiger partial charge in [0.25, 0.3) is 11.8 Å². The summed E-state index contributed by atoms with van der Waals surface area (Å²) in [6, 6.07) is 13.8. The molecule has 2 N–H and O–H groups in total. The summed E-state index contributed by atoms with van der Waals surface area (Å²) in [4.78, 5) is 25.0. The zero-order chi connectivity index (χ0) is 19.5. The number of carbonyl (C=O) groups is 2. The first-order chi connectivity index (χ1) is 13.2. The predicted molar refractivity (Wildman–Crippen MR) is 105 cm³/mol. The second-order valence-corrected chi connectivity index (χ2v) is 5.54. The molecule has 0 aliphatic heterocycles. The summed E-state index contributed by atoms with van der Waals surface area (Å²) in [5, 5.41) is 5.50. The molecule has 0 atom stereocenters. The summed E-state index contributed by atoms with van der Waals surface area (Å²) in [6.07, 6.45) is 1.59. The van der Waals surface area contributed by atoms with Gasteiger partial charge in [-0.15, -0.1) is 6.58 Å². The third kappa shape index (κ3) is 5.97. The second kappa shape index (κ2) is 10.8. The molecule has 0 radical (unpaired) electrons. The highest BCUT2D eigenvalue weighted by atomic mass is 16.5. The van der Waals surface area contributed by atoms with Crippen LogP contribution in [0, 0.1) is 0 Å². The molecule has 0 heterocycles. The van der Waals surface area contributed by atoms with Crippen molar-refractivity contribution in [3.8, 4) is 5.75 Å². The number of hydrogen-bond donors (Lipinski definition) is 2. The largest absolute Gasteiger partial charge is 0.490 e. The van der Waals surface area contributed by atoms with Crippen LogP contribution in [0.3, 0.4) is 0 Å². The number of ether oxygens (including phenoxy) is 2. The number of amides is 2. The fourth-order valence-electron chi connectivity index (χ4n) is 2.37. The topological polar surface area (TPSA) is 76.7 Å². The monoisotopic (exact) mass is 368 g/mol. The summed E-state index contributed by atoms with van der Waals surface area (Å²) >= 11 is 0. The van der Waals surface area contributed by atoms with E-state index >= 15 is 0 Å². The molecule has 2 amide bonds. The van der Waals surface area contributed by atoms with Crippen LogP contribution in [-0.2, 0) is 4.74 Å². The average molecular weight is 368 g/mol. The van der Waals surface area contributed by atoms with E-state index in [0.29, 0.717) is 48.9 Å². The van der Waals surface area contributed by atoms with Crippen LogP contribution < -0.4 is 15.4 Å². The van der Waals surface area contributed by atoms with E-state index < -0.39 is 0 Å². The molecule has 0 spiro atoms. The smallest absolute Gasteiger partial charge is 0.259 e. The van der Waals surface area contributed by atoms with Crippen LogP contribution in [0.25, 0.3) is 0 Å². The van der Waals surface area contributed by atoms with Crippen molar-refractivity contribution in [1.82, 2.24) is 5.32 Å². The van der Waals surface area contributed by atoms with E-state index in [1.54, 1.807) is 54.6 Å². The molecule has 0 saturated heterocycles. The minimum Gasteiger partial charge on any atom is -0.490 e. The normalized spacial score (nSPS) is 10.1. The van der Waals surface area contributed by atoms with Gasteiger partial charge in [-0.2, -0.15) is 0 Å². The number of benzene rings is 2. The van der Waals surface area contributed by atoms with E-state index in [9.17, 15) is 9.59 Å². The summed E-state index contributed by atoms with van der Waals surface area (Å²) in [7, 11) is 0. The van der Waals surface area contributed by atoms with Gasteiger partial charge in [0, 0.05) is 13.2 Å². The second-order valence-electron chi connectivity index (χ2n) is 5.54. The van der Waals surface area contributed by atoms with Gasteiger partial charge in [0.1, 0.15) is 12.4 Å². The Hall–Kier alpha value is -3.12. The standard InChI is InChI=1S/C21H24N2O4/c1-3-13-22-20(24)16-9-5-7-11-18(16)23-21(25)17-10-6-8-12-19(17)27-15-14-26-4-2/h3,5-12H,1,4,13-15H2,2H3,(H,22,24)(H,23,25). The number of carbonyl (C=O) groups excluding carboxylic acids is 2. The van der Waals surface area contributed by atoms with Gasteiger partial charge in [-0.05, 0) is 31.2 Å². The van der Waals surface area contributed by atoms with Gasteiger partial charge >= 0.3 is 0 Å². The molecule has 0 saturated carbocycles. The van der Waals surface area contributed by atoms with Crippen LogP contribution in [0.4, 0.5) is 5.69 Å². The third-order valence-corrected chi connectivity index (χ3v) is 3.65. The molecule has 27 heavy (non-hydrogen) atoms. The van der Waals surface area contributed by atoms with Crippen LogP contribution in [0.5, 0.6) is 5.75 Å². The number of rotatable bonds is 10. The van der Waals surface area contributed by atoms with E-state index in [1.807, 2.05) is 6.92 Å². The van der Waals surface area contributed by atoms with Gasteiger partial charge in [0.15, 0.2) is 0 Å². The summed E-state index contributed by atoms with van der Waals surface area (Å²) in [5.74, 6) is -0.179. The Morgan fingerprint density at radius 2 is 1.70 bits per heavy atom. The molecular weight excluding hydrogens is 344 g/mol. The van der Waals surface area contributed by atoms with Crippen molar-refractivity contribution in [2.45, 2.75) is 6.92 Å². The average Bonchev–Trinajstić information content (AvgIpc) is 2.70. The summed E-state index contributed by atoms with van der Waals surface area (Å²) in [6.45, 7) is 7.22. The van der Waals surface area contributed by atoms with E-state index in [1.165, 1.54) is 0 Å². The predicted octanol–water partition coefficient (Wildman–Crippen LogP) is 3.27. The Balaban J connectivity index is 2.14. The zero-order valence-corrected chi connectivity index (χ0v) is 15.4. The number of para-hydroxylation sites is 2. The van der Waals surface area contributed by atoms with Crippen molar-refractivity contribution in [2.24, 2.45) is 0 Å². The Bertz CT molecular complexity index is 789. The first-order valence-corrected chi connectivity index (χ1v) is 8.76. The van der Waals surface area contributed by atoms with Crippen LogP contribution in [0.1, 0.15) is 27.6 Å². The van der Waals surface area contributed by atoms with Crippen molar-refractivity contribution in [2.75, 3.05) is 31.7 Å². The maximum Gasteiger partial charge on any atom is 0.259 e. The molecule has 0 bridgehead atoms. The highest BCUT2D eigenvalue weighted by Crippen LogP contribution is 2.21. The van der Waals surface area contributed by atoms with E-state index in [0.717, 1.165) is 0 Å². The minimum atomic E-state index is -0.356. The molecule has 142 valence electrons. The fraction of sp³-hybridized carbons (Fsp3) is 0.238. The third-order valence-electron chi connectivity index (χ3n) is 3.65. The first-order valence-electron chi connectivity index (χ1n) is 8.76. The molecule has 2 aromatic carbocycles. The fourth-order valence-corrected chi connectivity index (χ4v) is 2.37. The van der Waals surface area contributed by atoms with Gasteiger partial charge in [0.05, 0.1) is 23.4 Å².